The molecule has 0 radical (unpaired) electrons. The number of anilines is 1. The van der Waals surface area contributed by atoms with E-state index in [1.165, 1.54) is 0 Å². The summed E-state index contributed by atoms with van der Waals surface area (Å²) in [7, 11) is 1.84. The highest BCUT2D eigenvalue weighted by Crippen LogP contribution is 2.26. The molecule has 5 heteroatoms. The van der Waals surface area contributed by atoms with Crippen molar-refractivity contribution in [1.82, 2.24) is 9.78 Å². The van der Waals surface area contributed by atoms with Gasteiger partial charge in [-0.15, -0.1) is 0 Å². The van der Waals surface area contributed by atoms with Gasteiger partial charge in [0.2, 0.25) is 0 Å². The molecule has 0 bridgehead atoms. The van der Waals surface area contributed by atoms with Crippen molar-refractivity contribution in [2.45, 2.75) is 25.9 Å². The lowest BCUT2D eigenvalue weighted by Crippen LogP contribution is -2.07. The van der Waals surface area contributed by atoms with E-state index in [9.17, 15) is 5.11 Å². The summed E-state index contributed by atoms with van der Waals surface area (Å²) in [4.78, 5) is 0. The fourth-order valence-corrected chi connectivity index (χ4v) is 2.48. The molecule has 19 heavy (non-hydrogen) atoms. The maximum atomic E-state index is 10.3. The molecule has 1 aromatic heterocycles. The number of aromatic nitrogens is 2. The van der Waals surface area contributed by atoms with E-state index < -0.39 is 6.10 Å². The van der Waals surface area contributed by atoms with Gasteiger partial charge in [-0.05, 0) is 24.1 Å². The SMILES string of the molecule is CCc1nn(C)c(CC(O)c2cccc(N)c2)c1Cl. The summed E-state index contributed by atoms with van der Waals surface area (Å²) in [6.07, 6.45) is 0.563. The number of hydrogen-bond acceptors (Lipinski definition) is 3. The van der Waals surface area contributed by atoms with E-state index in [0.717, 1.165) is 23.4 Å². The number of rotatable bonds is 4. The zero-order valence-electron chi connectivity index (χ0n) is 11.1. The largest absolute Gasteiger partial charge is 0.399 e. The Bertz CT molecular complexity index is 580. The third-order valence-electron chi connectivity index (χ3n) is 3.19. The van der Waals surface area contributed by atoms with E-state index in [-0.39, 0.29) is 0 Å². The van der Waals surface area contributed by atoms with Crippen LogP contribution < -0.4 is 5.73 Å². The Labute approximate surface area is 117 Å². The Kier molecular flexibility index (Phi) is 4.12. The summed E-state index contributed by atoms with van der Waals surface area (Å²) in [5.41, 5.74) is 8.85. The van der Waals surface area contributed by atoms with Crippen LogP contribution in [0.5, 0.6) is 0 Å². The van der Waals surface area contributed by atoms with Crippen molar-refractivity contribution in [1.29, 1.82) is 0 Å². The van der Waals surface area contributed by atoms with Crippen LogP contribution in [0.1, 0.15) is 30.0 Å². The van der Waals surface area contributed by atoms with Crippen LogP contribution in [0.25, 0.3) is 0 Å². The first-order valence-electron chi connectivity index (χ1n) is 6.26. The quantitative estimate of drug-likeness (QED) is 0.845. The van der Waals surface area contributed by atoms with Crippen molar-refractivity contribution in [3.63, 3.8) is 0 Å². The number of aliphatic hydroxyl groups is 1. The van der Waals surface area contributed by atoms with Gasteiger partial charge in [-0.25, -0.2) is 0 Å². The minimum Gasteiger partial charge on any atom is -0.399 e. The molecule has 0 aliphatic heterocycles. The zero-order valence-corrected chi connectivity index (χ0v) is 11.9. The van der Waals surface area contributed by atoms with Gasteiger partial charge in [0.25, 0.3) is 0 Å². The molecule has 0 aliphatic carbocycles. The van der Waals surface area contributed by atoms with Gasteiger partial charge >= 0.3 is 0 Å². The number of halogens is 1. The number of nitrogens with two attached hydrogens (primary N) is 1. The van der Waals surface area contributed by atoms with Gasteiger partial charge < -0.3 is 10.8 Å². The van der Waals surface area contributed by atoms with E-state index in [1.807, 2.05) is 26.1 Å². The van der Waals surface area contributed by atoms with Crippen molar-refractivity contribution < 1.29 is 5.11 Å². The molecular formula is C14H18ClN3O. The standard InChI is InChI=1S/C14H18ClN3O/c1-3-11-14(15)12(18(2)17-11)8-13(19)9-5-4-6-10(16)7-9/h4-7,13,19H,3,8,16H2,1-2H3. The molecule has 0 spiro atoms. The first-order valence-corrected chi connectivity index (χ1v) is 6.64. The van der Waals surface area contributed by atoms with Crippen molar-refractivity contribution in [3.05, 3.63) is 46.2 Å². The van der Waals surface area contributed by atoms with Gasteiger partial charge in [-0.1, -0.05) is 30.7 Å². The van der Waals surface area contributed by atoms with Crippen molar-refractivity contribution in [2.24, 2.45) is 7.05 Å². The summed E-state index contributed by atoms with van der Waals surface area (Å²) in [5, 5.41) is 15.3. The highest BCUT2D eigenvalue weighted by atomic mass is 35.5. The molecule has 0 saturated carbocycles. The molecule has 0 amide bonds. The van der Waals surface area contributed by atoms with E-state index >= 15 is 0 Å². The van der Waals surface area contributed by atoms with Crippen LogP contribution in [0, 0.1) is 0 Å². The Hall–Kier alpha value is -1.52. The minimum absolute atomic E-state index is 0.422. The van der Waals surface area contributed by atoms with Crippen molar-refractivity contribution >= 4 is 17.3 Å². The van der Waals surface area contributed by atoms with E-state index in [4.69, 9.17) is 17.3 Å². The van der Waals surface area contributed by atoms with Crippen LogP contribution in [0.4, 0.5) is 5.69 Å². The van der Waals surface area contributed by atoms with Crippen LogP contribution in [0.15, 0.2) is 24.3 Å². The van der Waals surface area contributed by atoms with Gasteiger partial charge in [0, 0.05) is 19.2 Å². The number of aliphatic hydroxyl groups excluding tert-OH is 1. The number of nitrogens with zero attached hydrogens (tertiary/aromatic N) is 2. The highest BCUT2D eigenvalue weighted by molar-refractivity contribution is 6.31. The summed E-state index contributed by atoms with van der Waals surface area (Å²) >= 11 is 6.27. The average molecular weight is 280 g/mol. The molecule has 0 aliphatic rings. The Morgan fingerprint density at radius 3 is 2.79 bits per heavy atom. The van der Waals surface area contributed by atoms with Crippen LogP contribution in [-0.4, -0.2) is 14.9 Å². The monoisotopic (exact) mass is 279 g/mol. The Morgan fingerprint density at radius 2 is 2.21 bits per heavy atom. The molecule has 1 heterocycles. The predicted octanol–water partition coefficient (Wildman–Crippen LogP) is 2.49. The van der Waals surface area contributed by atoms with E-state index in [1.54, 1.807) is 16.8 Å². The van der Waals surface area contributed by atoms with Gasteiger partial charge in [0.15, 0.2) is 0 Å². The summed E-state index contributed by atoms with van der Waals surface area (Å²) in [6.45, 7) is 2.01. The third kappa shape index (κ3) is 2.91. The summed E-state index contributed by atoms with van der Waals surface area (Å²) in [5.74, 6) is 0. The van der Waals surface area contributed by atoms with Crippen molar-refractivity contribution in [2.75, 3.05) is 5.73 Å². The lowest BCUT2D eigenvalue weighted by atomic mass is 10.0. The van der Waals surface area contributed by atoms with Crippen LogP contribution in [0.2, 0.25) is 5.02 Å². The van der Waals surface area contributed by atoms with Gasteiger partial charge in [-0.3, -0.25) is 4.68 Å². The Morgan fingerprint density at radius 1 is 1.47 bits per heavy atom. The lowest BCUT2D eigenvalue weighted by Gasteiger charge is -2.12. The molecule has 1 unspecified atom stereocenters. The van der Waals surface area contributed by atoms with Crippen LogP contribution in [0.3, 0.4) is 0 Å². The second-order valence-electron chi connectivity index (χ2n) is 4.57. The highest BCUT2D eigenvalue weighted by Gasteiger charge is 2.17. The average Bonchev–Trinajstić information content (AvgIpc) is 2.66. The first-order chi connectivity index (χ1) is 9.02. The fraction of sp³-hybridized carbons (Fsp3) is 0.357. The predicted molar refractivity (Wildman–Crippen MR) is 77.1 cm³/mol. The summed E-state index contributed by atoms with van der Waals surface area (Å²) < 4.78 is 1.73. The lowest BCUT2D eigenvalue weighted by molar-refractivity contribution is 0.176. The van der Waals surface area contributed by atoms with Crippen molar-refractivity contribution in [3.8, 4) is 0 Å². The van der Waals surface area contributed by atoms with Crippen LogP contribution >= 0.6 is 11.6 Å². The molecule has 2 rings (SSSR count). The molecule has 1 aromatic carbocycles. The first kappa shape index (κ1) is 13.9. The molecule has 0 saturated heterocycles. The third-order valence-corrected chi connectivity index (χ3v) is 3.62. The maximum Gasteiger partial charge on any atom is 0.0850 e. The summed E-state index contributed by atoms with van der Waals surface area (Å²) in [6, 6.07) is 7.25. The zero-order chi connectivity index (χ0) is 14.0. The number of nitrogen functional groups attached to an aromatic ring is 1. The fourth-order valence-electron chi connectivity index (χ4n) is 2.11. The molecule has 4 nitrogen and oxygen atoms in total. The molecular weight excluding hydrogens is 262 g/mol. The Balaban J connectivity index is 2.24. The van der Waals surface area contributed by atoms with Gasteiger partial charge in [0.05, 0.1) is 22.5 Å². The smallest absolute Gasteiger partial charge is 0.0850 e. The second-order valence-corrected chi connectivity index (χ2v) is 4.95. The molecule has 0 fully saturated rings. The number of hydrogen-bond donors (Lipinski definition) is 2. The molecule has 102 valence electrons. The van der Waals surface area contributed by atoms with Crippen LogP contribution in [-0.2, 0) is 19.9 Å². The van der Waals surface area contributed by atoms with Gasteiger partial charge in [-0.2, -0.15) is 5.10 Å². The van der Waals surface area contributed by atoms with Gasteiger partial charge in [0.1, 0.15) is 0 Å². The number of benzene rings is 1. The second kappa shape index (κ2) is 5.63. The minimum atomic E-state index is -0.638. The number of aryl methyl sites for hydroxylation is 2. The topological polar surface area (TPSA) is 64.1 Å². The molecule has 3 N–H and O–H groups in total. The van der Waals surface area contributed by atoms with E-state index in [0.29, 0.717) is 17.1 Å². The normalized spacial score (nSPS) is 12.6. The van der Waals surface area contributed by atoms with E-state index in [2.05, 4.69) is 5.10 Å². The maximum absolute atomic E-state index is 10.3. The molecule has 2 aromatic rings. The molecule has 1 atom stereocenters.